The van der Waals surface area contributed by atoms with Crippen LogP contribution in [0.1, 0.15) is 44.7 Å². The van der Waals surface area contributed by atoms with Gasteiger partial charge in [0.05, 0.1) is 14.2 Å². The molecule has 10 nitrogen and oxygen atoms in total. The summed E-state index contributed by atoms with van der Waals surface area (Å²) in [5.74, 6) is 11.3. The van der Waals surface area contributed by atoms with Crippen LogP contribution in [0, 0.1) is 23.7 Å². The predicted octanol–water partition coefficient (Wildman–Crippen LogP) is 2.59. The highest BCUT2D eigenvalue weighted by Gasteiger charge is 2.15. The molecule has 0 saturated heterocycles. The Morgan fingerprint density at radius 2 is 1.22 bits per heavy atom. The van der Waals surface area contributed by atoms with Gasteiger partial charge in [-0.15, -0.1) is 0 Å². The smallest absolute Gasteiger partial charge is 0.407 e. The first-order valence-corrected chi connectivity index (χ1v) is 13.1. The summed E-state index contributed by atoms with van der Waals surface area (Å²) in [6.45, 7) is 7.35. The monoisotopic (exact) mass is 564 g/mol. The van der Waals surface area contributed by atoms with Gasteiger partial charge in [-0.1, -0.05) is 24.0 Å². The summed E-state index contributed by atoms with van der Waals surface area (Å²) in [5, 5.41) is 7.95. The zero-order valence-electron chi connectivity index (χ0n) is 24.4. The second-order valence-corrected chi connectivity index (χ2v) is 9.40. The fourth-order valence-corrected chi connectivity index (χ4v) is 2.85. The molecule has 10 heteroatoms. The molecule has 0 aliphatic carbocycles. The van der Waals surface area contributed by atoms with Crippen molar-refractivity contribution in [1.29, 1.82) is 0 Å². The van der Waals surface area contributed by atoms with Gasteiger partial charge < -0.3 is 35.9 Å². The van der Waals surface area contributed by atoms with Crippen molar-refractivity contribution < 1.29 is 28.6 Å². The predicted molar refractivity (Wildman–Crippen MR) is 158 cm³/mol. The van der Waals surface area contributed by atoms with Gasteiger partial charge >= 0.3 is 6.09 Å². The summed E-state index contributed by atoms with van der Waals surface area (Å²) in [5.41, 5.74) is 6.24. The van der Waals surface area contributed by atoms with E-state index in [0.29, 0.717) is 43.9 Å². The van der Waals surface area contributed by atoms with E-state index in [1.54, 1.807) is 53.2 Å². The summed E-state index contributed by atoms with van der Waals surface area (Å²) < 4.78 is 15.3. The number of carbonyl (C=O) groups excluding carboxylic acids is 3. The van der Waals surface area contributed by atoms with E-state index in [-0.39, 0.29) is 11.8 Å². The lowest BCUT2D eigenvalue weighted by molar-refractivity contribution is -0.116. The zero-order valence-corrected chi connectivity index (χ0v) is 24.4. The standard InChI is InChI=1S/C18H24N2O4.C13H16N2O2/c1-18(2,3)24-17(22)20-12-6-11-19-16(21)10-9-14-7-5-8-15(13-14)23-4;1-17-12-5-2-4-11(10-12)6-7-13(16)15-9-3-8-14/h5,7-8,13H,6,11-12H2,1-4H3,(H,19,21)(H,20,22);2,4-5,10H,3,8-9,14H2,1H3,(H,15,16). The van der Waals surface area contributed by atoms with E-state index in [4.69, 9.17) is 19.9 Å². The van der Waals surface area contributed by atoms with Gasteiger partial charge in [-0.2, -0.15) is 0 Å². The average Bonchev–Trinajstić information content (AvgIpc) is 2.94. The van der Waals surface area contributed by atoms with Crippen LogP contribution in [-0.4, -0.2) is 63.9 Å². The second kappa shape index (κ2) is 19.4. The third-order valence-corrected chi connectivity index (χ3v) is 4.75. The normalized spacial score (nSPS) is 9.71. The molecule has 0 fully saturated rings. The fourth-order valence-electron chi connectivity index (χ4n) is 2.85. The largest absolute Gasteiger partial charge is 0.497 e. The quantitative estimate of drug-likeness (QED) is 0.271. The van der Waals surface area contributed by atoms with Crippen LogP contribution < -0.4 is 31.2 Å². The lowest BCUT2D eigenvalue weighted by Crippen LogP contribution is -2.34. The van der Waals surface area contributed by atoms with Crippen LogP contribution in [0.25, 0.3) is 0 Å². The molecule has 0 spiro atoms. The third kappa shape index (κ3) is 17.5. The molecule has 5 N–H and O–H groups in total. The summed E-state index contributed by atoms with van der Waals surface area (Å²) in [6.07, 6.45) is 0.880. The van der Waals surface area contributed by atoms with Gasteiger partial charge in [0, 0.05) is 42.6 Å². The Labute approximate surface area is 242 Å². The Morgan fingerprint density at radius 3 is 1.66 bits per heavy atom. The number of hydrogen-bond acceptors (Lipinski definition) is 7. The molecule has 2 aromatic carbocycles. The molecule has 0 bridgehead atoms. The lowest BCUT2D eigenvalue weighted by Gasteiger charge is -2.19. The number of amides is 3. The van der Waals surface area contributed by atoms with E-state index in [9.17, 15) is 14.4 Å². The van der Waals surface area contributed by atoms with Crippen molar-refractivity contribution >= 4 is 17.9 Å². The molecule has 0 aliphatic heterocycles. The lowest BCUT2D eigenvalue weighted by atomic mass is 10.2. The number of methoxy groups -OCH3 is 2. The number of carbonyl (C=O) groups is 3. The Hall–Kier alpha value is -4.67. The highest BCUT2D eigenvalue weighted by Crippen LogP contribution is 2.12. The molecular weight excluding hydrogens is 524 g/mol. The van der Waals surface area contributed by atoms with E-state index in [0.717, 1.165) is 17.7 Å². The van der Waals surface area contributed by atoms with Crippen LogP contribution in [0.15, 0.2) is 48.5 Å². The topological polar surface area (TPSA) is 141 Å². The van der Waals surface area contributed by atoms with Gasteiger partial charge in [0.2, 0.25) is 0 Å². The van der Waals surface area contributed by atoms with Crippen LogP contribution in [0.2, 0.25) is 0 Å². The highest BCUT2D eigenvalue weighted by atomic mass is 16.6. The van der Waals surface area contributed by atoms with Gasteiger partial charge in [-0.05, 0) is 76.6 Å². The summed E-state index contributed by atoms with van der Waals surface area (Å²) >= 11 is 0. The zero-order chi connectivity index (χ0) is 30.5. The van der Waals surface area contributed by atoms with Crippen LogP contribution >= 0.6 is 0 Å². The van der Waals surface area contributed by atoms with Gasteiger partial charge in [0.25, 0.3) is 11.8 Å². The molecule has 2 aromatic rings. The molecule has 0 atom stereocenters. The Bertz CT molecular complexity index is 1250. The first-order valence-electron chi connectivity index (χ1n) is 13.1. The Kier molecular flexibility index (Phi) is 16.3. The second-order valence-electron chi connectivity index (χ2n) is 9.40. The molecule has 0 saturated carbocycles. The maximum Gasteiger partial charge on any atom is 0.407 e. The van der Waals surface area contributed by atoms with Gasteiger partial charge in [0.1, 0.15) is 17.1 Å². The van der Waals surface area contributed by atoms with E-state index in [1.165, 1.54) is 0 Å². The molecule has 41 heavy (non-hydrogen) atoms. The Balaban J connectivity index is 0.000000435. The van der Waals surface area contributed by atoms with Crippen LogP contribution in [-0.2, 0) is 14.3 Å². The number of nitrogens with one attached hydrogen (secondary N) is 3. The van der Waals surface area contributed by atoms with Crippen molar-refractivity contribution in [3.63, 3.8) is 0 Å². The van der Waals surface area contributed by atoms with Crippen molar-refractivity contribution in [2.24, 2.45) is 5.73 Å². The van der Waals surface area contributed by atoms with Crippen LogP contribution in [0.4, 0.5) is 4.79 Å². The summed E-state index contributed by atoms with van der Waals surface area (Å²) in [7, 11) is 3.16. The van der Waals surface area contributed by atoms with Gasteiger partial charge in [-0.25, -0.2) is 4.79 Å². The van der Waals surface area contributed by atoms with E-state index in [2.05, 4.69) is 39.6 Å². The van der Waals surface area contributed by atoms with E-state index >= 15 is 0 Å². The van der Waals surface area contributed by atoms with Crippen molar-refractivity contribution in [2.75, 3.05) is 40.4 Å². The molecule has 0 radical (unpaired) electrons. The first-order chi connectivity index (χ1) is 19.6. The minimum Gasteiger partial charge on any atom is -0.497 e. The number of benzene rings is 2. The number of rotatable bonds is 9. The highest BCUT2D eigenvalue weighted by molar-refractivity contribution is 5.94. The fraction of sp³-hybridized carbons (Fsp3) is 0.387. The molecule has 0 unspecified atom stereocenters. The van der Waals surface area contributed by atoms with E-state index in [1.807, 2.05) is 30.3 Å². The molecule has 2 rings (SSSR count). The molecule has 3 amide bonds. The SMILES string of the molecule is COc1cccc(C#CC(=O)NCCCN)c1.COc1cccc(C#CC(=O)NCCCNC(=O)OC(C)(C)C)c1. The molecule has 0 aromatic heterocycles. The summed E-state index contributed by atoms with van der Waals surface area (Å²) in [4.78, 5) is 34.3. The van der Waals surface area contributed by atoms with E-state index < -0.39 is 11.7 Å². The third-order valence-electron chi connectivity index (χ3n) is 4.75. The van der Waals surface area contributed by atoms with Gasteiger partial charge in [0.15, 0.2) is 0 Å². The molecule has 220 valence electrons. The minimum absolute atomic E-state index is 0.290. The number of nitrogens with two attached hydrogens (primary N) is 1. The summed E-state index contributed by atoms with van der Waals surface area (Å²) in [6, 6.07) is 14.4. The average molecular weight is 565 g/mol. The maximum absolute atomic E-state index is 11.6. The number of hydrogen-bond donors (Lipinski definition) is 4. The molecular formula is C31H40N4O6. The molecule has 0 heterocycles. The number of ether oxygens (including phenoxy) is 3. The Morgan fingerprint density at radius 1 is 0.756 bits per heavy atom. The minimum atomic E-state index is -0.520. The van der Waals surface area contributed by atoms with Crippen LogP contribution in [0.3, 0.4) is 0 Å². The maximum atomic E-state index is 11.6. The molecule has 0 aliphatic rings. The van der Waals surface area contributed by atoms with Gasteiger partial charge in [-0.3, -0.25) is 9.59 Å². The first kappa shape index (κ1) is 34.4. The van der Waals surface area contributed by atoms with Crippen molar-refractivity contribution in [1.82, 2.24) is 16.0 Å². The van der Waals surface area contributed by atoms with Crippen molar-refractivity contribution in [3.8, 4) is 35.2 Å². The van der Waals surface area contributed by atoms with Crippen molar-refractivity contribution in [3.05, 3.63) is 59.7 Å². The van der Waals surface area contributed by atoms with Crippen molar-refractivity contribution in [2.45, 2.75) is 39.2 Å². The van der Waals surface area contributed by atoms with Crippen LogP contribution in [0.5, 0.6) is 11.5 Å². The number of alkyl carbamates (subject to hydrolysis) is 1.